The molecule has 0 saturated carbocycles. The van der Waals surface area contributed by atoms with E-state index in [1.54, 1.807) is 48.0 Å². The highest BCUT2D eigenvalue weighted by molar-refractivity contribution is 7.98. The lowest BCUT2D eigenvalue weighted by atomic mass is 9.98. The third-order valence-corrected chi connectivity index (χ3v) is 6.56. The van der Waals surface area contributed by atoms with Crippen LogP contribution >= 0.6 is 11.8 Å². The summed E-state index contributed by atoms with van der Waals surface area (Å²) in [4.78, 5) is 29.8. The fourth-order valence-electron chi connectivity index (χ4n) is 4.19. The van der Waals surface area contributed by atoms with Gasteiger partial charge in [-0.05, 0) is 53.8 Å². The van der Waals surface area contributed by atoms with Gasteiger partial charge in [0.25, 0.3) is 5.91 Å². The second kappa shape index (κ2) is 8.20. The smallest absolute Gasteiger partial charge is 0.291 e. The lowest BCUT2D eigenvalue weighted by Gasteiger charge is -2.25. The van der Waals surface area contributed by atoms with Crippen LogP contribution in [-0.2, 0) is 6.54 Å². The molecule has 1 unspecified atom stereocenters. The van der Waals surface area contributed by atoms with Crippen molar-refractivity contribution >= 4 is 28.6 Å². The van der Waals surface area contributed by atoms with Crippen LogP contribution in [0, 0.1) is 0 Å². The molecule has 5 rings (SSSR count). The van der Waals surface area contributed by atoms with Crippen molar-refractivity contribution in [1.29, 1.82) is 0 Å². The molecule has 5 nitrogen and oxygen atoms in total. The summed E-state index contributed by atoms with van der Waals surface area (Å²) in [5, 5.41) is 0.482. The van der Waals surface area contributed by atoms with Gasteiger partial charge >= 0.3 is 0 Å². The molecule has 0 radical (unpaired) electrons. The van der Waals surface area contributed by atoms with Crippen molar-refractivity contribution in [2.75, 3.05) is 13.4 Å². The molecule has 1 atom stereocenters. The van der Waals surface area contributed by atoms with Crippen LogP contribution in [0.2, 0.25) is 0 Å². The van der Waals surface area contributed by atoms with E-state index in [0.717, 1.165) is 21.8 Å². The van der Waals surface area contributed by atoms with Crippen LogP contribution in [0.5, 0.6) is 5.75 Å². The Kier molecular flexibility index (Phi) is 5.23. The molecule has 2 heterocycles. The number of methoxy groups -OCH3 is 1. The molecular weight excluding hydrogens is 422 g/mol. The molecule has 4 aromatic rings. The monoisotopic (exact) mass is 443 g/mol. The third-order valence-electron chi connectivity index (χ3n) is 5.82. The minimum absolute atomic E-state index is 0.126. The molecule has 0 aliphatic carbocycles. The topological polar surface area (TPSA) is 59.8 Å². The Hall–Kier alpha value is -3.51. The van der Waals surface area contributed by atoms with E-state index in [1.165, 1.54) is 0 Å². The van der Waals surface area contributed by atoms with E-state index >= 15 is 0 Å². The maximum absolute atomic E-state index is 13.5. The summed E-state index contributed by atoms with van der Waals surface area (Å²) < 4.78 is 11.2. The van der Waals surface area contributed by atoms with Gasteiger partial charge in [-0.2, -0.15) is 0 Å². The van der Waals surface area contributed by atoms with Crippen LogP contribution in [0.15, 0.2) is 86.9 Å². The number of thioether (sulfide) groups is 1. The molecule has 0 fully saturated rings. The van der Waals surface area contributed by atoms with Crippen LogP contribution in [0.4, 0.5) is 0 Å². The van der Waals surface area contributed by atoms with E-state index in [4.69, 9.17) is 9.15 Å². The number of carbonyl (C=O) groups is 1. The molecule has 1 aliphatic rings. The van der Waals surface area contributed by atoms with Gasteiger partial charge in [-0.1, -0.05) is 36.4 Å². The first kappa shape index (κ1) is 20.4. The number of nitrogens with zero attached hydrogens (tertiary/aromatic N) is 1. The average Bonchev–Trinajstić information content (AvgIpc) is 3.11. The predicted molar refractivity (Wildman–Crippen MR) is 125 cm³/mol. The van der Waals surface area contributed by atoms with Gasteiger partial charge in [-0.15, -0.1) is 11.8 Å². The first-order chi connectivity index (χ1) is 15.6. The Bertz CT molecular complexity index is 1360. The Morgan fingerprint density at radius 2 is 1.69 bits per heavy atom. The predicted octanol–water partition coefficient (Wildman–Crippen LogP) is 5.27. The van der Waals surface area contributed by atoms with Gasteiger partial charge in [-0.25, -0.2) is 0 Å². The molecule has 3 aromatic carbocycles. The average molecular weight is 444 g/mol. The van der Waals surface area contributed by atoms with E-state index in [0.29, 0.717) is 23.1 Å². The summed E-state index contributed by atoms with van der Waals surface area (Å²) in [6, 6.07) is 22.1. The normalized spacial score (nSPS) is 15.2. The SMILES string of the molecule is COc1ccc(CN2C(=O)c3oc4ccccc4c(=O)c3C2c2ccc(SC)cc2)cc1. The number of ether oxygens (including phenoxy) is 1. The zero-order valence-electron chi connectivity index (χ0n) is 17.7. The lowest BCUT2D eigenvalue weighted by molar-refractivity contribution is 0.0714. The van der Waals surface area contributed by atoms with Crippen molar-refractivity contribution in [3.8, 4) is 5.75 Å². The highest BCUT2D eigenvalue weighted by Crippen LogP contribution is 2.39. The van der Waals surface area contributed by atoms with Crippen LogP contribution < -0.4 is 10.2 Å². The summed E-state index contributed by atoms with van der Waals surface area (Å²) >= 11 is 1.65. The zero-order valence-corrected chi connectivity index (χ0v) is 18.5. The zero-order chi connectivity index (χ0) is 22.2. The molecule has 0 spiro atoms. The minimum atomic E-state index is -0.517. The van der Waals surface area contributed by atoms with Gasteiger partial charge < -0.3 is 14.1 Å². The first-order valence-electron chi connectivity index (χ1n) is 10.2. The highest BCUT2D eigenvalue weighted by atomic mass is 32.2. The van der Waals surface area contributed by atoms with E-state index in [2.05, 4.69) is 0 Å². The number of amides is 1. The van der Waals surface area contributed by atoms with Gasteiger partial charge in [0.2, 0.25) is 5.76 Å². The maximum atomic E-state index is 13.5. The second-order valence-corrected chi connectivity index (χ2v) is 8.51. The van der Waals surface area contributed by atoms with Crippen molar-refractivity contribution in [2.24, 2.45) is 0 Å². The van der Waals surface area contributed by atoms with Crippen molar-refractivity contribution in [2.45, 2.75) is 17.5 Å². The molecule has 0 bridgehead atoms. The lowest BCUT2D eigenvalue weighted by Crippen LogP contribution is -2.29. The van der Waals surface area contributed by atoms with E-state index < -0.39 is 6.04 Å². The summed E-state index contributed by atoms with van der Waals surface area (Å²) in [6.45, 7) is 0.345. The minimum Gasteiger partial charge on any atom is -0.497 e. The maximum Gasteiger partial charge on any atom is 0.291 e. The van der Waals surface area contributed by atoms with Crippen molar-refractivity contribution in [3.63, 3.8) is 0 Å². The van der Waals surface area contributed by atoms with Gasteiger partial charge in [0, 0.05) is 11.4 Å². The van der Waals surface area contributed by atoms with E-state index in [1.807, 2.05) is 54.8 Å². The summed E-state index contributed by atoms with van der Waals surface area (Å²) in [6.07, 6.45) is 2.01. The number of hydrogen-bond donors (Lipinski definition) is 0. The number of hydrogen-bond acceptors (Lipinski definition) is 5. The second-order valence-electron chi connectivity index (χ2n) is 7.63. The van der Waals surface area contributed by atoms with Gasteiger partial charge in [0.05, 0.1) is 24.1 Å². The number of para-hydroxylation sites is 1. The molecule has 6 heteroatoms. The van der Waals surface area contributed by atoms with Crippen LogP contribution in [0.25, 0.3) is 11.0 Å². The first-order valence-corrected chi connectivity index (χ1v) is 11.5. The summed E-state index contributed by atoms with van der Waals surface area (Å²) in [5.74, 6) is 0.593. The Labute approximate surface area is 189 Å². The number of fused-ring (bicyclic) bond motifs is 2. The molecule has 1 amide bonds. The summed E-state index contributed by atoms with van der Waals surface area (Å²) in [7, 11) is 1.62. The van der Waals surface area contributed by atoms with Gasteiger partial charge in [0.15, 0.2) is 5.43 Å². The van der Waals surface area contributed by atoms with E-state index in [-0.39, 0.29) is 17.1 Å². The fourth-order valence-corrected chi connectivity index (χ4v) is 4.60. The number of benzene rings is 3. The van der Waals surface area contributed by atoms with Crippen LogP contribution in [0.3, 0.4) is 0 Å². The fraction of sp³-hybridized carbons (Fsp3) is 0.154. The largest absolute Gasteiger partial charge is 0.497 e. The summed E-state index contributed by atoms with van der Waals surface area (Å²) in [5.41, 5.74) is 2.48. The standard InChI is InChI=1S/C26H21NO4S/c1-30-18-11-7-16(8-12-18)15-27-23(17-9-13-19(32-2)14-10-17)22-24(28)20-5-3-4-6-21(20)31-25(22)26(27)29/h3-14,23H,15H2,1-2H3. The van der Waals surface area contributed by atoms with Gasteiger partial charge in [-0.3, -0.25) is 9.59 Å². The molecule has 1 aromatic heterocycles. The quantitative estimate of drug-likeness (QED) is 0.393. The molecule has 160 valence electrons. The molecule has 1 aliphatic heterocycles. The molecule has 0 N–H and O–H groups in total. The van der Waals surface area contributed by atoms with Gasteiger partial charge in [0.1, 0.15) is 11.3 Å². The molecular formula is C26H21NO4S. The van der Waals surface area contributed by atoms with Crippen molar-refractivity contribution in [3.05, 3.63) is 105 Å². The number of carbonyl (C=O) groups excluding carboxylic acids is 1. The third kappa shape index (κ3) is 3.37. The Morgan fingerprint density at radius 3 is 2.38 bits per heavy atom. The van der Waals surface area contributed by atoms with Crippen LogP contribution in [-0.4, -0.2) is 24.2 Å². The Morgan fingerprint density at radius 1 is 0.969 bits per heavy atom. The van der Waals surface area contributed by atoms with Crippen molar-refractivity contribution in [1.82, 2.24) is 4.90 Å². The van der Waals surface area contributed by atoms with Crippen LogP contribution in [0.1, 0.15) is 33.3 Å². The molecule has 0 saturated heterocycles. The highest BCUT2D eigenvalue weighted by Gasteiger charge is 2.42. The van der Waals surface area contributed by atoms with E-state index in [9.17, 15) is 9.59 Å². The Balaban J connectivity index is 1.66. The molecule has 32 heavy (non-hydrogen) atoms. The number of rotatable bonds is 5. The van der Waals surface area contributed by atoms with Crippen molar-refractivity contribution < 1.29 is 13.9 Å².